The molecule has 0 amide bonds. The van der Waals surface area contributed by atoms with Gasteiger partial charge in [-0.15, -0.1) is 0 Å². The van der Waals surface area contributed by atoms with E-state index in [1.54, 1.807) is 6.07 Å². The monoisotopic (exact) mass is 260 g/mol. The molecule has 4 unspecified atom stereocenters. The summed E-state index contributed by atoms with van der Waals surface area (Å²) in [5.41, 5.74) is 1.32. The molecule has 1 saturated carbocycles. The summed E-state index contributed by atoms with van der Waals surface area (Å²) in [6, 6.07) is 6.19. The van der Waals surface area contributed by atoms with E-state index < -0.39 is 0 Å². The molecule has 0 spiro atoms. The third-order valence-corrected chi connectivity index (χ3v) is 5.68. The Hall–Kier alpha value is -1.13. The molecule has 4 bridgehead atoms. The van der Waals surface area contributed by atoms with Gasteiger partial charge in [0, 0.05) is 43.4 Å². The largest absolute Gasteiger partial charge is 0.396 e. The third-order valence-electron chi connectivity index (χ3n) is 5.68. The molecule has 19 heavy (non-hydrogen) atoms. The van der Waals surface area contributed by atoms with Gasteiger partial charge in [0.2, 0.25) is 0 Å². The highest BCUT2D eigenvalue weighted by atomic mass is 16.3. The molecule has 1 N–H and O–H groups in total. The smallest absolute Gasteiger partial charge is 0.250 e. The number of piperidine rings is 1. The molecule has 0 aromatic carbocycles. The lowest BCUT2D eigenvalue weighted by atomic mass is 9.71. The predicted octanol–water partition coefficient (Wildman–Crippen LogP) is 0.504. The normalized spacial score (nSPS) is 40.2. The van der Waals surface area contributed by atoms with Crippen molar-refractivity contribution in [2.24, 2.45) is 17.8 Å². The van der Waals surface area contributed by atoms with E-state index in [4.69, 9.17) is 0 Å². The fraction of sp³-hybridized carbons (Fsp3) is 0.667. The van der Waals surface area contributed by atoms with Gasteiger partial charge in [0.25, 0.3) is 5.56 Å². The summed E-state index contributed by atoms with van der Waals surface area (Å²) in [4.78, 5) is 14.5. The number of hydrogen-bond donors (Lipinski definition) is 1. The quantitative estimate of drug-likeness (QED) is 0.800. The maximum atomic E-state index is 12.1. The van der Waals surface area contributed by atoms with Crippen molar-refractivity contribution in [1.29, 1.82) is 0 Å². The number of nitrogens with zero attached hydrogens (tertiary/aromatic N) is 2. The van der Waals surface area contributed by atoms with Gasteiger partial charge in [-0.1, -0.05) is 6.07 Å². The van der Waals surface area contributed by atoms with Crippen LogP contribution >= 0.6 is 0 Å². The summed E-state index contributed by atoms with van der Waals surface area (Å²) in [6.07, 6.45) is 1.08. The number of aliphatic hydroxyl groups excluding tert-OH is 1. The Kier molecular flexibility index (Phi) is 2.42. The summed E-state index contributed by atoms with van der Waals surface area (Å²) < 4.78 is 1.98. The fourth-order valence-corrected chi connectivity index (χ4v) is 4.95. The lowest BCUT2D eigenvalue weighted by molar-refractivity contribution is 0.0514. The van der Waals surface area contributed by atoms with Crippen LogP contribution in [0, 0.1) is 17.8 Å². The Morgan fingerprint density at radius 3 is 3.00 bits per heavy atom. The van der Waals surface area contributed by atoms with Crippen molar-refractivity contribution in [1.82, 2.24) is 9.47 Å². The molecule has 4 rings (SSSR count). The highest BCUT2D eigenvalue weighted by molar-refractivity contribution is 5.22. The van der Waals surface area contributed by atoms with Crippen LogP contribution < -0.4 is 5.56 Å². The van der Waals surface area contributed by atoms with Crippen molar-refractivity contribution in [2.45, 2.75) is 24.9 Å². The first-order valence-electron chi connectivity index (χ1n) is 7.21. The zero-order chi connectivity index (χ0) is 13.1. The molecule has 5 atom stereocenters. The van der Waals surface area contributed by atoms with Gasteiger partial charge in [0.15, 0.2) is 0 Å². The van der Waals surface area contributed by atoms with E-state index in [0.29, 0.717) is 36.3 Å². The molecule has 1 saturated heterocycles. The first-order valence-corrected chi connectivity index (χ1v) is 7.21. The van der Waals surface area contributed by atoms with Gasteiger partial charge in [-0.05, 0) is 37.3 Å². The van der Waals surface area contributed by atoms with E-state index in [0.717, 1.165) is 19.5 Å². The highest BCUT2D eigenvalue weighted by Crippen LogP contribution is 2.53. The minimum absolute atomic E-state index is 0.136. The number of likely N-dealkylation sites (tertiary alicyclic amines) is 1. The van der Waals surface area contributed by atoms with Crippen LogP contribution in [0.2, 0.25) is 0 Å². The molecule has 1 aromatic heterocycles. The van der Waals surface area contributed by atoms with E-state index in [1.807, 2.05) is 10.6 Å². The molecule has 102 valence electrons. The van der Waals surface area contributed by atoms with Crippen LogP contribution in [0.4, 0.5) is 0 Å². The number of aromatic nitrogens is 1. The lowest BCUT2D eigenvalue weighted by Gasteiger charge is -2.47. The minimum Gasteiger partial charge on any atom is -0.396 e. The standard InChI is InChI=1S/C15H20N2O2/c1-16-6-10-12-3-2-4-14(19)17(12)7-11-13(16)5-9(8-18)15(10)11/h2-4,9-11,13,15,18H,5-8H2,1H3/t9-,10?,11?,13?,15?/m0/s1. The first kappa shape index (κ1) is 11.7. The molecule has 4 nitrogen and oxygen atoms in total. The Morgan fingerprint density at radius 2 is 2.21 bits per heavy atom. The topological polar surface area (TPSA) is 45.5 Å². The number of hydrogen-bond acceptors (Lipinski definition) is 3. The van der Waals surface area contributed by atoms with Gasteiger partial charge in [0.1, 0.15) is 0 Å². The van der Waals surface area contributed by atoms with Crippen LogP contribution in [0.1, 0.15) is 18.0 Å². The number of fused-ring (bicyclic) bond motifs is 2. The molecule has 1 aliphatic carbocycles. The SMILES string of the molecule is CN1CC2c3cccc(=O)n3CC3C2[C@H](CO)CC31. The van der Waals surface area contributed by atoms with Crippen molar-refractivity contribution < 1.29 is 5.11 Å². The Bertz CT molecular complexity index is 568. The molecule has 3 heterocycles. The van der Waals surface area contributed by atoms with E-state index in [1.165, 1.54) is 5.69 Å². The second-order valence-electron chi connectivity index (χ2n) is 6.43. The van der Waals surface area contributed by atoms with Crippen LogP contribution in [0.3, 0.4) is 0 Å². The molecule has 2 aliphatic heterocycles. The molecular formula is C15H20N2O2. The van der Waals surface area contributed by atoms with Gasteiger partial charge in [-0.3, -0.25) is 4.79 Å². The first-order chi connectivity index (χ1) is 9.20. The number of aliphatic hydroxyl groups is 1. The lowest BCUT2D eigenvalue weighted by Crippen LogP contribution is -2.52. The number of rotatable bonds is 1. The van der Waals surface area contributed by atoms with Gasteiger partial charge < -0.3 is 14.6 Å². The van der Waals surface area contributed by atoms with E-state index in [9.17, 15) is 9.90 Å². The van der Waals surface area contributed by atoms with E-state index in [-0.39, 0.29) is 5.56 Å². The fourth-order valence-electron chi connectivity index (χ4n) is 4.95. The molecule has 1 aromatic rings. The summed E-state index contributed by atoms with van der Waals surface area (Å²) in [5, 5.41) is 9.67. The molecular weight excluding hydrogens is 240 g/mol. The summed E-state index contributed by atoms with van der Waals surface area (Å²) in [5.74, 6) is 1.92. The van der Waals surface area contributed by atoms with Crippen LogP contribution in [-0.2, 0) is 6.54 Å². The van der Waals surface area contributed by atoms with Crippen LogP contribution in [-0.4, -0.2) is 40.8 Å². The Balaban J connectivity index is 1.87. The maximum Gasteiger partial charge on any atom is 0.250 e. The Labute approximate surface area is 112 Å². The minimum atomic E-state index is 0.136. The van der Waals surface area contributed by atoms with Crippen LogP contribution in [0.15, 0.2) is 23.0 Å². The number of likely N-dealkylation sites (N-methyl/N-ethyl adjacent to an activating group) is 1. The van der Waals surface area contributed by atoms with Gasteiger partial charge in [0.05, 0.1) is 0 Å². The average molecular weight is 260 g/mol. The molecule has 4 heteroatoms. The van der Waals surface area contributed by atoms with Gasteiger partial charge in [-0.25, -0.2) is 0 Å². The van der Waals surface area contributed by atoms with Crippen molar-refractivity contribution in [3.8, 4) is 0 Å². The van der Waals surface area contributed by atoms with E-state index >= 15 is 0 Å². The van der Waals surface area contributed by atoms with Crippen molar-refractivity contribution in [3.63, 3.8) is 0 Å². The predicted molar refractivity (Wildman–Crippen MR) is 72.0 cm³/mol. The van der Waals surface area contributed by atoms with Crippen LogP contribution in [0.5, 0.6) is 0 Å². The van der Waals surface area contributed by atoms with Gasteiger partial charge in [-0.2, -0.15) is 0 Å². The Morgan fingerprint density at radius 1 is 1.37 bits per heavy atom. The van der Waals surface area contributed by atoms with Crippen molar-refractivity contribution in [3.05, 3.63) is 34.2 Å². The molecule has 3 aliphatic rings. The third kappa shape index (κ3) is 1.44. The zero-order valence-electron chi connectivity index (χ0n) is 11.2. The highest BCUT2D eigenvalue weighted by Gasteiger charge is 2.54. The zero-order valence-corrected chi connectivity index (χ0v) is 11.2. The molecule has 0 radical (unpaired) electrons. The maximum absolute atomic E-state index is 12.1. The second kappa shape index (κ2) is 3.93. The van der Waals surface area contributed by atoms with Gasteiger partial charge >= 0.3 is 0 Å². The summed E-state index contributed by atoms with van der Waals surface area (Å²) in [6.45, 7) is 2.15. The summed E-state index contributed by atoms with van der Waals surface area (Å²) >= 11 is 0. The van der Waals surface area contributed by atoms with Crippen molar-refractivity contribution in [2.75, 3.05) is 20.2 Å². The number of pyridine rings is 1. The van der Waals surface area contributed by atoms with E-state index in [2.05, 4.69) is 18.0 Å². The average Bonchev–Trinajstić information content (AvgIpc) is 2.70. The van der Waals surface area contributed by atoms with Crippen molar-refractivity contribution >= 4 is 0 Å². The summed E-state index contributed by atoms with van der Waals surface area (Å²) in [7, 11) is 2.19. The second-order valence-corrected chi connectivity index (χ2v) is 6.43. The molecule has 2 fully saturated rings. The van der Waals surface area contributed by atoms with Crippen LogP contribution in [0.25, 0.3) is 0 Å².